The van der Waals surface area contributed by atoms with E-state index in [0.29, 0.717) is 11.6 Å². The summed E-state index contributed by atoms with van der Waals surface area (Å²) in [5, 5.41) is 0.667. The van der Waals surface area contributed by atoms with Gasteiger partial charge in [-0.25, -0.2) is 0 Å². The fraction of sp³-hybridized carbons (Fsp3) is 0.611. The van der Waals surface area contributed by atoms with E-state index in [9.17, 15) is 4.79 Å². The molecule has 1 aromatic rings. The van der Waals surface area contributed by atoms with Crippen molar-refractivity contribution in [3.63, 3.8) is 0 Å². The van der Waals surface area contributed by atoms with Crippen LogP contribution in [-0.2, 0) is 18.8 Å². The smallest absolute Gasteiger partial charge is 0.466 e. The van der Waals surface area contributed by atoms with Crippen molar-refractivity contribution in [2.75, 3.05) is 6.61 Å². The van der Waals surface area contributed by atoms with Gasteiger partial charge in [-0.2, -0.15) is 0 Å². The number of hydrogen-bond donors (Lipinski definition) is 0. The molecule has 0 N–H and O–H groups in total. The first kappa shape index (κ1) is 19.3. The lowest BCUT2D eigenvalue weighted by molar-refractivity contribution is -0.143. The van der Waals surface area contributed by atoms with Gasteiger partial charge in [-0.3, -0.25) is 4.79 Å². The highest BCUT2D eigenvalue weighted by molar-refractivity contribution is 6.48. The minimum absolute atomic E-state index is 0.202. The van der Waals surface area contributed by atoms with Crippen LogP contribution in [0.25, 0.3) is 0 Å². The zero-order valence-electron chi connectivity index (χ0n) is 15.3. The van der Waals surface area contributed by atoms with Gasteiger partial charge in [0.1, 0.15) is 0 Å². The molecule has 0 saturated carbocycles. The summed E-state index contributed by atoms with van der Waals surface area (Å²) >= 11 is 6.07. The van der Waals surface area contributed by atoms with E-state index >= 15 is 0 Å². The second-order valence-corrected chi connectivity index (χ2v) is 7.68. The zero-order chi connectivity index (χ0) is 18.1. The molecular formula is C18H26BClO4. The molecular weight excluding hydrogens is 326 g/mol. The largest absolute Gasteiger partial charge is 0.466 e. The number of benzene rings is 1. The molecule has 0 amide bonds. The molecule has 1 heterocycles. The van der Waals surface area contributed by atoms with Crippen molar-refractivity contribution in [2.45, 2.75) is 65.0 Å². The predicted octanol–water partition coefficient (Wildman–Crippen LogP) is 4.32. The SMILES string of the molecule is CCOC(=O)CC(B1OC(C)(C)C(C)(C)O1)c1ccc(Cl)cc1C. The maximum Gasteiger partial charge on any atom is 0.466 e. The molecule has 1 aliphatic heterocycles. The molecule has 1 saturated heterocycles. The molecule has 4 nitrogen and oxygen atoms in total. The molecule has 1 aromatic carbocycles. The normalized spacial score (nSPS) is 20.0. The van der Waals surface area contributed by atoms with Gasteiger partial charge in [0.05, 0.1) is 24.2 Å². The fourth-order valence-electron chi connectivity index (χ4n) is 2.86. The van der Waals surface area contributed by atoms with Gasteiger partial charge in [-0.1, -0.05) is 17.7 Å². The van der Waals surface area contributed by atoms with Crippen LogP contribution in [0.15, 0.2) is 18.2 Å². The van der Waals surface area contributed by atoms with Crippen LogP contribution in [0.5, 0.6) is 0 Å². The number of esters is 1. The molecule has 1 atom stereocenters. The number of hydrogen-bond acceptors (Lipinski definition) is 4. The van der Waals surface area contributed by atoms with E-state index < -0.39 is 18.3 Å². The first-order valence-electron chi connectivity index (χ1n) is 8.34. The second-order valence-electron chi connectivity index (χ2n) is 7.24. The lowest BCUT2D eigenvalue weighted by Gasteiger charge is -2.32. The number of ether oxygens (including phenoxy) is 1. The summed E-state index contributed by atoms with van der Waals surface area (Å²) in [6, 6.07) is 5.65. The average molecular weight is 353 g/mol. The van der Waals surface area contributed by atoms with Crippen LogP contribution in [0.2, 0.25) is 5.02 Å². The third-order valence-corrected chi connectivity index (χ3v) is 5.16. The summed E-state index contributed by atoms with van der Waals surface area (Å²) in [6.07, 6.45) is 0.202. The molecule has 0 spiro atoms. The lowest BCUT2D eigenvalue weighted by atomic mass is 9.65. The van der Waals surface area contributed by atoms with E-state index in [1.165, 1.54) is 0 Å². The van der Waals surface area contributed by atoms with Crippen LogP contribution in [-0.4, -0.2) is 30.9 Å². The lowest BCUT2D eigenvalue weighted by Crippen LogP contribution is -2.41. The highest BCUT2D eigenvalue weighted by atomic mass is 35.5. The molecule has 0 radical (unpaired) electrons. The third-order valence-electron chi connectivity index (χ3n) is 4.92. The first-order valence-corrected chi connectivity index (χ1v) is 8.72. The van der Waals surface area contributed by atoms with Gasteiger partial charge in [-0.05, 0) is 64.8 Å². The number of rotatable bonds is 5. The van der Waals surface area contributed by atoms with E-state index in [1.807, 2.05) is 52.8 Å². The maximum atomic E-state index is 12.1. The Balaban J connectivity index is 2.35. The molecule has 1 fully saturated rings. The third kappa shape index (κ3) is 3.96. The molecule has 24 heavy (non-hydrogen) atoms. The Morgan fingerprint density at radius 3 is 2.33 bits per heavy atom. The van der Waals surface area contributed by atoms with Crippen LogP contribution in [0.4, 0.5) is 0 Å². The molecule has 0 bridgehead atoms. The average Bonchev–Trinajstić information content (AvgIpc) is 2.65. The number of carbonyl (C=O) groups is 1. The second kappa shape index (κ2) is 7.07. The Bertz CT molecular complexity index is 599. The monoisotopic (exact) mass is 352 g/mol. The van der Waals surface area contributed by atoms with Crippen LogP contribution < -0.4 is 0 Å². The molecule has 0 aromatic heterocycles. The number of halogens is 1. The molecule has 132 valence electrons. The van der Waals surface area contributed by atoms with Crippen molar-refractivity contribution < 1.29 is 18.8 Å². The Morgan fingerprint density at radius 2 is 1.83 bits per heavy atom. The molecule has 1 unspecified atom stereocenters. The van der Waals surface area contributed by atoms with Gasteiger partial charge in [-0.15, -0.1) is 0 Å². The highest BCUT2D eigenvalue weighted by Crippen LogP contribution is 2.42. The summed E-state index contributed by atoms with van der Waals surface area (Å²) in [7, 11) is -0.515. The van der Waals surface area contributed by atoms with Crippen molar-refractivity contribution in [3.05, 3.63) is 34.3 Å². The van der Waals surface area contributed by atoms with Gasteiger partial charge < -0.3 is 14.0 Å². The topological polar surface area (TPSA) is 44.8 Å². The summed E-state index contributed by atoms with van der Waals surface area (Å²) in [6.45, 7) is 12.1. The minimum atomic E-state index is -0.515. The van der Waals surface area contributed by atoms with E-state index in [-0.39, 0.29) is 18.2 Å². The van der Waals surface area contributed by atoms with Crippen molar-refractivity contribution in [3.8, 4) is 0 Å². The first-order chi connectivity index (χ1) is 11.1. The number of aryl methyl sites for hydroxylation is 1. The summed E-state index contributed by atoms with van der Waals surface area (Å²) in [4.78, 5) is 12.1. The Kier molecular flexibility index (Phi) is 5.68. The Labute approximate surface area is 150 Å². The molecule has 0 aliphatic carbocycles. The van der Waals surface area contributed by atoms with E-state index in [1.54, 1.807) is 6.92 Å². The van der Waals surface area contributed by atoms with Crippen LogP contribution in [0, 0.1) is 6.92 Å². The summed E-state index contributed by atoms with van der Waals surface area (Å²) < 4.78 is 17.5. The fourth-order valence-corrected chi connectivity index (χ4v) is 3.09. The minimum Gasteiger partial charge on any atom is -0.466 e. The quantitative estimate of drug-likeness (QED) is 0.585. The van der Waals surface area contributed by atoms with Gasteiger partial charge in [0.15, 0.2) is 0 Å². The standard InChI is InChI=1S/C18H26BClO4/c1-7-22-16(21)11-15(14-9-8-13(20)10-12(14)2)19-23-17(3,4)18(5,6)24-19/h8-10,15H,7,11H2,1-6H3. The van der Waals surface area contributed by atoms with Crippen molar-refractivity contribution in [1.82, 2.24) is 0 Å². The van der Waals surface area contributed by atoms with Crippen LogP contribution in [0.3, 0.4) is 0 Å². The summed E-state index contributed by atoms with van der Waals surface area (Å²) in [5.41, 5.74) is 1.09. The van der Waals surface area contributed by atoms with Crippen molar-refractivity contribution >= 4 is 24.7 Å². The van der Waals surface area contributed by atoms with Gasteiger partial charge >= 0.3 is 13.1 Å². The van der Waals surface area contributed by atoms with Gasteiger partial charge in [0.25, 0.3) is 0 Å². The molecule has 2 rings (SSSR count). The van der Waals surface area contributed by atoms with Crippen LogP contribution >= 0.6 is 11.6 Å². The summed E-state index contributed by atoms with van der Waals surface area (Å²) in [5.74, 6) is -0.506. The van der Waals surface area contributed by atoms with E-state index in [2.05, 4.69) is 0 Å². The zero-order valence-corrected chi connectivity index (χ0v) is 16.1. The van der Waals surface area contributed by atoms with E-state index in [0.717, 1.165) is 11.1 Å². The van der Waals surface area contributed by atoms with Crippen molar-refractivity contribution in [2.24, 2.45) is 0 Å². The highest BCUT2D eigenvalue weighted by Gasteiger charge is 2.54. The molecule has 1 aliphatic rings. The maximum absolute atomic E-state index is 12.1. The number of carbonyl (C=O) groups excluding carboxylic acids is 1. The predicted molar refractivity (Wildman–Crippen MR) is 96.3 cm³/mol. The van der Waals surface area contributed by atoms with Gasteiger partial charge in [0, 0.05) is 10.8 Å². The van der Waals surface area contributed by atoms with Crippen LogP contribution in [0.1, 0.15) is 58.0 Å². The van der Waals surface area contributed by atoms with Crippen molar-refractivity contribution in [1.29, 1.82) is 0 Å². The Morgan fingerprint density at radius 1 is 1.25 bits per heavy atom. The molecule has 6 heteroatoms. The van der Waals surface area contributed by atoms with Gasteiger partial charge in [0.2, 0.25) is 0 Å². The van der Waals surface area contributed by atoms with E-state index in [4.69, 9.17) is 25.6 Å². The Hall–Kier alpha value is -1.04.